The third kappa shape index (κ3) is 3.00. The van der Waals surface area contributed by atoms with Crippen LogP contribution < -0.4 is 5.73 Å². The molecule has 0 spiro atoms. The normalized spacial score (nSPS) is 14.4. The number of hydrogen-bond acceptors (Lipinski definition) is 2. The van der Waals surface area contributed by atoms with Crippen LogP contribution in [-0.2, 0) is 10.2 Å². The van der Waals surface area contributed by atoms with E-state index in [0.717, 1.165) is 12.1 Å². The van der Waals surface area contributed by atoms with Crippen LogP contribution in [0.3, 0.4) is 0 Å². The summed E-state index contributed by atoms with van der Waals surface area (Å²) in [4.78, 5) is 11.3. The first-order valence-electron chi connectivity index (χ1n) is 5.30. The second-order valence-electron chi connectivity index (χ2n) is 4.19. The molecule has 17 heavy (non-hydrogen) atoms. The van der Waals surface area contributed by atoms with E-state index in [-0.39, 0.29) is 12.0 Å². The van der Waals surface area contributed by atoms with Crippen molar-refractivity contribution in [3.05, 3.63) is 35.4 Å². The maximum Gasteiger partial charge on any atom is 0.313 e. The number of carbonyl (C=O) groups is 1. The van der Waals surface area contributed by atoms with Crippen LogP contribution >= 0.6 is 0 Å². The van der Waals surface area contributed by atoms with Gasteiger partial charge in [-0.05, 0) is 44.0 Å². The minimum atomic E-state index is -1.32. The second kappa shape index (κ2) is 5.23. The molecule has 0 aliphatic rings. The van der Waals surface area contributed by atoms with Gasteiger partial charge in [-0.25, -0.2) is 8.78 Å². The molecule has 1 aromatic rings. The Labute approximate surface area is 98.2 Å². The average molecular weight is 243 g/mol. The third-order valence-corrected chi connectivity index (χ3v) is 2.85. The van der Waals surface area contributed by atoms with Crippen LogP contribution in [0.2, 0.25) is 0 Å². The van der Waals surface area contributed by atoms with Gasteiger partial charge in [0.1, 0.15) is 11.6 Å². The standard InChI is InChI=1S/C12H15F2NO2/c1-12(11(16)17,3-2-4-15)8-5-9(13)7-10(14)6-8/h5-7H,2-4,15H2,1H3,(H,16,17). The summed E-state index contributed by atoms with van der Waals surface area (Å²) in [5, 5.41) is 9.21. The SMILES string of the molecule is CC(CCCN)(C(=O)O)c1cc(F)cc(F)c1. The second-order valence-corrected chi connectivity index (χ2v) is 4.19. The highest BCUT2D eigenvalue weighted by Gasteiger charge is 2.35. The summed E-state index contributed by atoms with van der Waals surface area (Å²) in [5.74, 6) is -2.67. The van der Waals surface area contributed by atoms with Gasteiger partial charge < -0.3 is 10.8 Å². The van der Waals surface area contributed by atoms with Gasteiger partial charge in [0.2, 0.25) is 0 Å². The van der Waals surface area contributed by atoms with Crippen LogP contribution in [-0.4, -0.2) is 17.6 Å². The summed E-state index contributed by atoms with van der Waals surface area (Å²) in [6, 6.07) is 2.82. The lowest BCUT2D eigenvalue weighted by Crippen LogP contribution is -2.33. The molecule has 0 saturated carbocycles. The molecule has 0 bridgehead atoms. The van der Waals surface area contributed by atoms with Crippen LogP contribution in [0.15, 0.2) is 18.2 Å². The predicted octanol–water partition coefficient (Wildman–Crippen LogP) is 2.05. The van der Waals surface area contributed by atoms with Gasteiger partial charge in [0.25, 0.3) is 0 Å². The number of carboxylic acid groups (broad SMARTS) is 1. The third-order valence-electron chi connectivity index (χ3n) is 2.85. The van der Waals surface area contributed by atoms with E-state index in [9.17, 15) is 18.7 Å². The topological polar surface area (TPSA) is 63.3 Å². The first kappa shape index (κ1) is 13.6. The summed E-state index contributed by atoms with van der Waals surface area (Å²) in [6.07, 6.45) is 0.711. The highest BCUT2D eigenvalue weighted by molar-refractivity contribution is 5.80. The van der Waals surface area contributed by atoms with E-state index in [1.165, 1.54) is 6.92 Å². The van der Waals surface area contributed by atoms with Crippen LogP contribution in [0.25, 0.3) is 0 Å². The van der Waals surface area contributed by atoms with Crippen LogP contribution in [0, 0.1) is 11.6 Å². The van der Waals surface area contributed by atoms with E-state index < -0.39 is 23.0 Å². The minimum absolute atomic E-state index is 0.121. The van der Waals surface area contributed by atoms with Crippen LogP contribution in [0.1, 0.15) is 25.3 Å². The predicted molar refractivity (Wildman–Crippen MR) is 59.6 cm³/mol. The summed E-state index contributed by atoms with van der Waals surface area (Å²) in [7, 11) is 0. The molecule has 1 atom stereocenters. The van der Waals surface area contributed by atoms with Gasteiger partial charge in [-0.2, -0.15) is 0 Å². The number of aliphatic carboxylic acids is 1. The maximum atomic E-state index is 13.1. The van der Waals surface area contributed by atoms with E-state index >= 15 is 0 Å². The van der Waals surface area contributed by atoms with Crippen molar-refractivity contribution in [2.75, 3.05) is 6.54 Å². The Hall–Kier alpha value is -1.49. The molecule has 0 aliphatic heterocycles. The van der Waals surface area contributed by atoms with Gasteiger partial charge in [0.15, 0.2) is 0 Å². The summed E-state index contributed by atoms with van der Waals surface area (Å²) in [5.41, 5.74) is 4.14. The van der Waals surface area contributed by atoms with E-state index in [2.05, 4.69) is 0 Å². The summed E-state index contributed by atoms with van der Waals surface area (Å²) < 4.78 is 26.2. The molecule has 94 valence electrons. The van der Waals surface area contributed by atoms with Crippen molar-refractivity contribution in [2.45, 2.75) is 25.2 Å². The Balaban J connectivity index is 3.17. The number of carboxylic acids is 1. The zero-order valence-electron chi connectivity index (χ0n) is 9.54. The van der Waals surface area contributed by atoms with Gasteiger partial charge in [-0.3, -0.25) is 4.79 Å². The molecule has 1 unspecified atom stereocenters. The fourth-order valence-electron chi connectivity index (χ4n) is 1.70. The van der Waals surface area contributed by atoms with Gasteiger partial charge in [0.05, 0.1) is 5.41 Å². The molecule has 1 aromatic carbocycles. The van der Waals surface area contributed by atoms with E-state index in [4.69, 9.17) is 5.73 Å². The largest absolute Gasteiger partial charge is 0.481 e. The summed E-state index contributed by atoms with van der Waals surface area (Å²) >= 11 is 0. The molecule has 0 heterocycles. The lowest BCUT2D eigenvalue weighted by molar-refractivity contribution is -0.143. The summed E-state index contributed by atoms with van der Waals surface area (Å²) in [6.45, 7) is 1.78. The number of benzene rings is 1. The van der Waals surface area contributed by atoms with Crippen molar-refractivity contribution in [1.29, 1.82) is 0 Å². The van der Waals surface area contributed by atoms with Crippen molar-refractivity contribution in [3.63, 3.8) is 0 Å². The zero-order valence-corrected chi connectivity index (χ0v) is 9.54. The first-order valence-corrected chi connectivity index (χ1v) is 5.30. The smallest absolute Gasteiger partial charge is 0.313 e. The fourth-order valence-corrected chi connectivity index (χ4v) is 1.70. The molecule has 0 amide bonds. The number of hydrogen-bond donors (Lipinski definition) is 2. The zero-order chi connectivity index (χ0) is 13.1. The van der Waals surface area contributed by atoms with E-state index in [1.807, 2.05) is 0 Å². The maximum absolute atomic E-state index is 13.1. The highest BCUT2D eigenvalue weighted by atomic mass is 19.1. The Morgan fingerprint density at radius 2 is 1.88 bits per heavy atom. The molecule has 5 heteroatoms. The van der Waals surface area contributed by atoms with Crippen molar-refractivity contribution >= 4 is 5.97 Å². The monoisotopic (exact) mass is 243 g/mol. The van der Waals surface area contributed by atoms with Gasteiger partial charge >= 0.3 is 5.97 Å². The van der Waals surface area contributed by atoms with Crippen molar-refractivity contribution in [3.8, 4) is 0 Å². The van der Waals surface area contributed by atoms with Gasteiger partial charge in [-0.1, -0.05) is 0 Å². The molecule has 3 nitrogen and oxygen atoms in total. The van der Waals surface area contributed by atoms with Crippen molar-refractivity contribution < 1.29 is 18.7 Å². The minimum Gasteiger partial charge on any atom is -0.481 e. The molecule has 0 fully saturated rings. The van der Waals surface area contributed by atoms with Gasteiger partial charge in [0, 0.05) is 6.07 Å². The van der Waals surface area contributed by atoms with E-state index in [0.29, 0.717) is 19.0 Å². The molecule has 3 N–H and O–H groups in total. The van der Waals surface area contributed by atoms with Crippen LogP contribution in [0.5, 0.6) is 0 Å². The lowest BCUT2D eigenvalue weighted by atomic mass is 9.78. The molecule has 1 rings (SSSR count). The number of nitrogens with two attached hydrogens (primary N) is 1. The first-order chi connectivity index (χ1) is 7.90. The van der Waals surface area contributed by atoms with Crippen LogP contribution in [0.4, 0.5) is 8.78 Å². The number of halogens is 2. The lowest BCUT2D eigenvalue weighted by Gasteiger charge is -2.25. The molecular formula is C12H15F2NO2. The quantitative estimate of drug-likeness (QED) is 0.831. The molecule has 0 radical (unpaired) electrons. The molecule has 0 aliphatic carbocycles. The fraction of sp³-hybridized carbons (Fsp3) is 0.417. The number of rotatable bonds is 5. The Morgan fingerprint density at radius 1 is 1.35 bits per heavy atom. The van der Waals surface area contributed by atoms with Gasteiger partial charge in [-0.15, -0.1) is 0 Å². The average Bonchev–Trinajstić information content (AvgIpc) is 2.24. The molecule has 0 saturated heterocycles. The highest BCUT2D eigenvalue weighted by Crippen LogP contribution is 2.30. The van der Waals surface area contributed by atoms with Crippen molar-refractivity contribution in [2.24, 2.45) is 5.73 Å². The van der Waals surface area contributed by atoms with Crippen molar-refractivity contribution in [1.82, 2.24) is 0 Å². The molecule has 0 aromatic heterocycles. The Kier molecular flexibility index (Phi) is 4.17. The Morgan fingerprint density at radius 3 is 2.29 bits per heavy atom. The Bertz CT molecular complexity index is 403. The molecular weight excluding hydrogens is 228 g/mol. The van der Waals surface area contributed by atoms with E-state index in [1.54, 1.807) is 0 Å².